The summed E-state index contributed by atoms with van der Waals surface area (Å²) in [7, 11) is -0.914. The second-order valence-corrected chi connectivity index (χ2v) is 13.0. The maximum absolute atomic E-state index is 14.2. The predicted octanol–water partition coefficient (Wildman–Crippen LogP) is 6.00. The van der Waals surface area contributed by atoms with E-state index in [0.717, 1.165) is 42.9 Å². The summed E-state index contributed by atoms with van der Waals surface area (Å²) in [6.07, 6.45) is 5.67. The Hall–Kier alpha value is -3.67. The van der Waals surface area contributed by atoms with Gasteiger partial charge in [-0.15, -0.1) is 0 Å². The van der Waals surface area contributed by atoms with Gasteiger partial charge < -0.3 is 14.2 Å². The summed E-state index contributed by atoms with van der Waals surface area (Å²) in [6.45, 7) is 1.54. The number of rotatable bonds is 9. The van der Waals surface area contributed by atoms with Crippen LogP contribution in [0.1, 0.15) is 54.5 Å². The van der Waals surface area contributed by atoms with Gasteiger partial charge in [0.25, 0.3) is 10.0 Å². The molecular weight excluding hydrogens is 572 g/mol. The van der Waals surface area contributed by atoms with Crippen LogP contribution in [0.4, 0.5) is 5.13 Å². The number of likely N-dealkylation sites (tertiary alicyclic amines) is 1. The minimum atomic E-state index is -4.03. The number of ether oxygens (including phenoxy) is 3. The van der Waals surface area contributed by atoms with Gasteiger partial charge in [0.2, 0.25) is 5.13 Å². The van der Waals surface area contributed by atoms with Crippen molar-refractivity contribution in [1.82, 2.24) is 14.3 Å². The fourth-order valence-corrected chi connectivity index (χ4v) is 8.16. The van der Waals surface area contributed by atoms with Crippen molar-refractivity contribution in [2.45, 2.75) is 49.2 Å². The number of sulfonamides is 1. The van der Waals surface area contributed by atoms with Crippen molar-refractivity contribution in [2.24, 2.45) is 0 Å². The average molecular weight is 607 g/mol. The van der Waals surface area contributed by atoms with Crippen molar-refractivity contribution in [2.75, 3.05) is 31.7 Å². The largest absolute Gasteiger partial charge is 0.497 e. The lowest BCUT2D eigenvalue weighted by molar-refractivity contribution is 0.0668. The van der Waals surface area contributed by atoms with Crippen LogP contribution >= 0.6 is 11.5 Å². The standard InChI is InChI=1S/C31H34N4O5S2/c1-38-24-12-11-23(29(18-24)39-2)20-35(31-32-21-33-41-31)42(36,37)25-13-14-26-28(15-17-40-30(26)19-25)34-16-7-6-10-27(34)22-8-4-3-5-9-22/h3-5,8-9,11-14,18-19,21,27-28H,6-7,10,15-17,20H2,1-2H3/t27-,28?/m0/s1. The fourth-order valence-electron chi connectivity index (χ4n) is 6.01. The minimum Gasteiger partial charge on any atom is -0.497 e. The third kappa shape index (κ3) is 5.56. The Morgan fingerprint density at radius 3 is 2.62 bits per heavy atom. The zero-order valence-electron chi connectivity index (χ0n) is 23.7. The Bertz CT molecular complexity index is 1620. The third-order valence-corrected chi connectivity index (χ3v) is 10.6. The Balaban J connectivity index is 1.33. The fraction of sp³-hybridized carbons (Fsp3) is 0.355. The molecule has 3 heterocycles. The molecule has 0 aliphatic carbocycles. The molecule has 1 saturated heterocycles. The maximum Gasteiger partial charge on any atom is 0.266 e. The lowest BCUT2D eigenvalue weighted by atomic mass is 9.90. The molecule has 6 rings (SSSR count). The molecule has 11 heteroatoms. The Morgan fingerprint density at radius 2 is 1.86 bits per heavy atom. The summed E-state index contributed by atoms with van der Waals surface area (Å²) in [5, 5.41) is 0.267. The summed E-state index contributed by atoms with van der Waals surface area (Å²) in [4.78, 5) is 6.97. The molecule has 1 aromatic heterocycles. The molecule has 2 atom stereocenters. The van der Waals surface area contributed by atoms with Gasteiger partial charge >= 0.3 is 0 Å². The van der Waals surface area contributed by atoms with Crippen LogP contribution in [-0.4, -0.2) is 50.0 Å². The quantitative estimate of drug-likeness (QED) is 0.229. The number of methoxy groups -OCH3 is 2. The second-order valence-electron chi connectivity index (χ2n) is 10.4. The Labute approximate surface area is 250 Å². The molecule has 4 aromatic rings. The van der Waals surface area contributed by atoms with Gasteiger partial charge in [0.15, 0.2) is 0 Å². The van der Waals surface area contributed by atoms with E-state index in [-0.39, 0.29) is 22.6 Å². The van der Waals surface area contributed by atoms with Crippen molar-refractivity contribution in [3.63, 3.8) is 0 Å². The molecule has 3 aromatic carbocycles. The van der Waals surface area contributed by atoms with Gasteiger partial charge in [-0.05, 0) is 43.1 Å². The maximum atomic E-state index is 14.2. The molecule has 42 heavy (non-hydrogen) atoms. The van der Waals surface area contributed by atoms with Gasteiger partial charge in [0, 0.05) is 53.3 Å². The van der Waals surface area contributed by atoms with Crippen LogP contribution in [0, 0.1) is 0 Å². The van der Waals surface area contributed by atoms with Crippen molar-refractivity contribution >= 4 is 26.7 Å². The van der Waals surface area contributed by atoms with Gasteiger partial charge in [0.1, 0.15) is 23.6 Å². The van der Waals surface area contributed by atoms with Gasteiger partial charge in [-0.2, -0.15) is 4.37 Å². The van der Waals surface area contributed by atoms with E-state index in [2.05, 4.69) is 44.6 Å². The van der Waals surface area contributed by atoms with Crippen molar-refractivity contribution < 1.29 is 22.6 Å². The summed E-state index contributed by atoms with van der Waals surface area (Å²) in [5.74, 6) is 1.75. The van der Waals surface area contributed by atoms with Gasteiger partial charge in [-0.25, -0.2) is 17.7 Å². The number of anilines is 1. The first-order chi connectivity index (χ1) is 20.5. The van der Waals surface area contributed by atoms with E-state index < -0.39 is 10.0 Å². The zero-order chi connectivity index (χ0) is 29.1. The number of aromatic nitrogens is 2. The molecule has 9 nitrogen and oxygen atoms in total. The molecular formula is C31H34N4O5S2. The number of piperidine rings is 1. The van der Waals surface area contributed by atoms with Crippen molar-refractivity contribution in [3.05, 3.63) is 89.7 Å². The predicted molar refractivity (Wildman–Crippen MR) is 162 cm³/mol. The molecule has 0 spiro atoms. The van der Waals surface area contributed by atoms with E-state index in [1.807, 2.05) is 6.07 Å². The summed E-state index contributed by atoms with van der Waals surface area (Å²) >= 11 is 1.02. The SMILES string of the molecule is COc1ccc(CN(c2ncns2)S(=O)(=O)c2ccc3c(c2)OCCC3N2CCCC[C@H]2c2ccccc2)c(OC)c1. The second kappa shape index (κ2) is 12.3. The first-order valence-corrected chi connectivity index (χ1v) is 16.3. The lowest BCUT2D eigenvalue weighted by Crippen LogP contribution is -2.39. The van der Waals surface area contributed by atoms with Crippen LogP contribution in [0.3, 0.4) is 0 Å². The van der Waals surface area contributed by atoms with Gasteiger partial charge in [0.05, 0.1) is 32.3 Å². The third-order valence-electron chi connectivity index (χ3n) is 8.08. The van der Waals surface area contributed by atoms with Gasteiger partial charge in [-0.3, -0.25) is 4.90 Å². The number of nitrogens with zero attached hydrogens (tertiary/aromatic N) is 4. The highest BCUT2D eigenvalue weighted by atomic mass is 32.2. The van der Waals surface area contributed by atoms with E-state index in [0.29, 0.717) is 35.5 Å². The number of fused-ring (bicyclic) bond motifs is 1. The molecule has 1 fully saturated rings. The summed E-state index contributed by atoms with van der Waals surface area (Å²) < 4.78 is 50.7. The summed E-state index contributed by atoms with van der Waals surface area (Å²) in [6, 6.07) is 21.7. The molecule has 2 aliphatic heterocycles. The Morgan fingerprint density at radius 1 is 1.00 bits per heavy atom. The average Bonchev–Trinajstić information content (AvgIpc) is 3.58. The molecule has 1 unspecified atom stereocenters. The Kier molecular flexibility index (Phi) is 8.32. The molecule has 0 N–H and O–H groups in total. The highest BCUT2D eigenvalue weighted by molar-refractivity contribution is 7.93. The molecule has 0 bridgehead atoms. The van der Waals surface area contributed by atoms with Crippen LogP contribution in [0.25, 0.3) is 0 Å². The van der Waals surface area contributed by atoms with E-state index in [9.17, 15) is 8.42 Å². The highest BCUT2D eigenvalue weighted by Gasteiger charge is 2.36. The van der Waals surface area contributed by atoms with Gasteiger partial charge in [-0.1, -0.05) is 42.8 Å². The molecule has 0 radical (unpaired) electrons. The first kappa shape index (κ1) is 28.4. The summed E-state index contributed by atoms with van der Waals surface area (Å²) in [5.41, 5.74) is 3.02. The number of benzene rings is 3. The number of hydrogen-bond acceptors (Lipinski definition) is 9. The smallest absolute Gasteiger partial charge is 0.266 e. The highest BCUT2D eigenvalue weighted by Crippen LogP contribution is 2.44. The van der Waals surface area contributed by atoms with Crippen LogP contribution in [0.5, 0.6) is 17.2 Å². The molecule has 0 amide bonds. The van der Waals surface area contributed by atoms with Crippen molar-refractivity contribution in [3.8, 4) is 17.2 Å². The van der Waals surface area contributed by atoms with E-state index in [4.69, 9.17) is 14.2 Å². The van der Waals surface area contributed by atoms with Crippen molar-refractivity contribution in [1.29, 1.82) is 0 Å². The monoisotopic (exact) mass is 606 g/mol. The van der Waals surface area contributed by atoms with Crippen LogP contribution in [0.2, 0.25) is 0 Å². The van der Waals surface area contributed by atoms with E-state index >= 15 is 0 Å². The van der Waals surface area contributed by atoms with E-state index in [1.165, 1.54) is 22.6 Å². The molecule has 220 valence electrons. The van der Waals surface area contributed by atoms with Crippen LogP contribution in [-0.2, 0) is 16.6 Å². The number of hydrogen-bond donors (Lipinski definition) is 0. The minimum absolute atomic E-state index is 0.0117. The molecule has 0 saturated carbocycles. The van der Waals surface area contributed by atoms with E-state index in [1.54, 1.807) is 44.6 Å². The lowest BCUT2D eigenvalue weighted by Gasteiger charge is -2.43. The zero-order valence-corrected chi connectivity index (χ0v) is 25.3. The topological polar surface area (TPSA) is 94.1 Å². The first-order valence-electron chi connectivity index (χ1n) is 14.1. The van der Waals surface area contributed by atoms with Crippen LogP contribution in [0.15, 0.2) is 78.0 Å². The molecule has 2 aliphatic rings. The van der Waals surface area contributed by atoms with Crippen LogP contribution < -0.4 is 18.5 Å². The normalized spacial score (nSPS) is 19.0.